The van der Waals surface area contributed by atoms with E-state index in [0.29, 0.717) is 0 Å². The summed E-state index contributed by atoms with van der Waals surface area (Å²) in [5.74, 6) is 0.881. The molecule has 1 heterocycles. The van der Waals surface area contributed by atoms with Gasteiger partial charge in [-0.05, 0) is 58.4 Å². The summed E-state index contributed by atoms with van der Waals surface area (Å²) in [6, 6.07) is 7.55. The maximum absolute atomic E-state index is 6.09. The fourth-order valence-corrected chi connectivity index (χ4v) is 3.15. The monoisotopic (exact) mass is 292 g/mol. The predicted octanol–water partition coefficient (Wildman–Crippen LogP) is 2.93. The number of morpholine rings is 1. The number of rotatable bonds is 5. The molecule has 4 heteroatoms. The van der Waals surface area contributed by atoms with E-state index >= 15 is 0 Å². The van der Waals surface area contributed by atoms with Gasteiger partial charge in [0.2, 0.25) is 0 Å². The molecule has 0 bridgehead atoms. The van der Waals surface area contributed by atoms with E-state index < -0.39 is 0 Å². The molecule has 0 aliphatic carbocycles. The fraction of sp³-hybridized carbons (Fsp3) is 0.647. The SMILES string of the molecule is CC1(C)CN(CCCOc2ccc(N)cc2)CC(C)(C)O1. The van der Waals surface area contributed by atoms with E-state index in [1.54, 1.807) is 0 Å². The van der Waals surface area contributed by atoms with Crippen LogP contribution in [0.15, 0.2) is 24.3 Å². The van der Waals surface area contributed by atoms with Gasteiger partial charge in [-0.15, -0.1) is 0 Å². The van der Waals surface area contributed by atoms with E-state index in [1.165, 1.54) is 0 Å². The number of anilines is 1. The van der Waals surface area contributed by atoms with Crippen molar-refractivity contribution in [3.63, 3.8) is 0 Å². The van der Waals surface area contributed by atoms with Crippen molar-refractivity contribution in [2.24, 2.45) is 0 Å². The van der Waals surface area contributed by atoms with Gasteiger partial charge in [0.25, 0.3) is 0 Å². The van der Waals surface area contributed by atoms with E-state index in [9.17, 15) is 0 Å². The Kier molecular flexibility index (Phi) is 4.79. The van der Waals surface area contributed by atoms with Gasteiger partial charge in [0.15, 0.2) is 0 Å². The molecule has 1 aliphatic rings. The van der Waals surface area contributed by atoms with Crippen LogP contribution in [-0.2, 0) is 4.74 Å². The van der Waals surface area contributed by atoms with E-state index in [-0.39, 0.29) is 11.2 Å². The molecule has 2 N–H and O–H groups in total. The number of hydrogen-bond donors (Lipinski definition) is 1. The summed E-state index contributed by atoms with van der Waals surface area (Å²) >= 11 is 0. The molecule has 0 atom stereocenters. The lowest BCUT2D eigenvalue weighted by Crippen LogP contribution is -2.57. The van der Waals surface area contributed by atoms with Crippen LogP contribution in [-0.4, -0.2) is 42.3 Å². The summed E-state index contributed by atoms with van der Waals surface area (Å²) in [4.78, 5) is 2.47. The minimum absolute atomic E-state index is 0.0838. The largest absolute Gasteiger partial charge is 0.494 e. The first kappa shape index (κ1) is 16.1. The first-order valence-electron chi connectivity index (χ1n) is 7.67. The van der Waals surface area contributed by atoms with E-state index in [0.717, 1.165) is 44.1 Å². The molecule has 0 spiro atoms. The van der Waals surface area contributed by atoms with Crippen molar-refractivity contribution >= 4 is 5.69 Å². The van der Waals surface area contributed by atoms with Crippen LogP contribution in [0.25, 0.3) is 0 Å². The standard InChI is InChI=1S/C17H28N2O2/c1-16(2)12-19(13-17(3,4)21-16)10-5-11-20-15-8-6-14(18)7-9-15/h6-9H,5,10-13,18H2,1-4H3. The van der Waals surface area contributed by atoms with Gasteiger partial charge in [-0.1, -0.05) is 0 Å². The van der Waals surface area contributed by atoms with Crippen LogP contribution in [0, 0.1) is 0 Å². The highest BCUT2D eigenvalue weighted by Crippen LogP contribution is 2.28. The lowest BCUT2D eigenvalue weighted by atomic mass is 9.99. The summed E-state index contributed by atoms with van der Waals surface area (Å²) in [7, 11) is 0. The molecule has 1 saturated heterocycles. The quantitative estimate of drug-likeness (QED) is 0.669. The second-order valence-electron chi connectivity index (χ2n) is 7.10. The molecule has 1 fully saturated rings. The van der Waals surface area contributed by atoms with Crippen LogP contribution < -0.4 is 10.5 Å². The molecule has 1 aliphatic heterocycles. The second kappa shape index (κ2) is 6.24. The molecule has 0 amide bonds. The molecule has 21 heavy (non-hydrogen) atoms. The van der Waals surface area contributed by atoms with Gasteiger partial charge < -0.3 is 15.2 Å². The molecule has 0 saturated carbocycles. The molecule has 0 aromatic heterocycles. The highest BCUT2D eigenvalue weighted by Gasteiger charge is 2.37. The predicted molar refractivity (Wildman–Crippen MR) is 86.6 cm³/mol. The second-order valence-corrected chi connectivity index (χ2v) is 7.10. The molecule has 0 unspecified atom stereocenters. The van der Waals surface area contributed by atoms with Gasteiger partial charge in [-0.25, -0.2) is 0 Å². The number of hydrogen-bond acceptors (Lipinski definition) is 4. The Labute approximate surface area is 128 Å². The lowest BCUT2D eigenvalue weighted by molar-refractivity contribution is -0.180. The van der Waals surface area contributed by atoms with Crippen LogP contribution in [0.2, 0.25) is 0 Å². The van der Waals surface area contributed by atoms with Crippen molar-refractivity contribution in [3.8, 4) is 5.75 Å². The number of nitrogens with zero attached hydrogens (tertiary/aromatic N) is 1. The van der Waals surface area contributed by atoms with Gasteiger partial charge in [0.1, 0.15) is 5.75 Å². The van der Waals surface area contributed by atoms with Crippen LogP contribution in [0.5, 0.6) is 5.75 Å². The zero-order valence-electron chi connectivity index (χ0n) is 13.7. The maximum Gasteiger partial charge on any atom is 0.119 e. The normalized spacial score (nSPS) is 21.1. The maximum atomic E-state index is 6.09. The zero-order chi connectivity index (χ0) is 15.5. The van der Waals surface area contributed by atoms with Crippen molar-refractivity contribution < 1.29 is 9.47 Å². The third-order valence-corrected chi connectivity index (χ3v) is 3.53. The van der Waals surface area contributed by atoms with E-state index in [1.807, 2.05) is 24.3 Å². The lowest BCUT2D eigenvalue weighted by Gasteiger charge is -2.47. The number of ether oxygens (including phenoxy) is 2. The summed E-state index contributed by atoms with van der Waals surface area (Å²) in [6.07, 6.45) is 1.01. The van der Waals surface area contributed by atoms with Gasteiger partial charge in [-0.3, -0.25) is 4.90 Å². The van der Waals surface area contributed by atoms with Crippen molar-refractivity contribution in [3.05, 3.63) is 24.3 Å². The van der Waals surface area contributed by atoms with Gasteiger partial charge >= 0.3 is 0 Å². The Balaban J connectivity index is 1.74. The molecule has 2 rings (SSSR count). The van der Waals surface area contributed by atoms with Gasteiger partial charge in [0, 0.05) is 25.3 Å². The number of nitrogen functional groups attached to an aromatic ring is 1. The average Bonchev–Trinajstić information content (AvgIpc) is 2.33. The zero-order valence-corrected chi connectivity index (χ0v) is 13.7. The highest BCUT2D eigenvalue weighted by atomic mass is 16.5. The first-order chi connectivity index (χ1) is 9.76. The summed E-state index contributed by atoms with van der Waals surface area (Å²) in [6.45, 7) is 12.3. The molecule has 1 aromatic rings. The summed E-state index contributed by atoms with van der Waals surface area (Å²) in [5, 5.41) is 0. The van der Waals surface area contributed by atoms with E-state index in [4.69, 9.17) is 15.2 Å². The fourth-order valence-electron chi connectivity index (χ4n) is 3.15. The van der Waals surface area contributed by atoms with Crippen molar-refractivity contribution in [1.82, 2.24) is 4.90 Å². The Bertz CT molecular complexity index is 438. The van der Waals surface area contributed by atoms with Gasteiger partial charge in [0.05, 0.1) is 17.8 Å². The highest BCUT2D eigenvalue weighted by molar-refractivity contribution is 5.41. The van der Waals surface area contributed by atoms with Crippen molar-refractivity contribution in [2.75, 3.05) is 32.0 Å². The smallest absolute Gasteiger partial charge is 0.119 e. The molecule has 1 aromatic carbocycles. The third-order valence-electron chi connectivity index (χ3n) is 3.53. The van der Waals surface area contributed by atoms with Gasteiger partial charge in [-0.2, -0.15) is 0 Å². The van der Waals surface area contributed by atoms with Crippen molar-refractivity contribution in [2.45, 2.75) is 45.3 Å². The Morgan fingerprint density at radius 1 is 1.10 bits per heavy atom. The van der Waals surface area contributed by atoms with Crippen molar-refractivity contribution in [1.29, 1.82) is 0 Å². The first-order valence-corrected chi connectivity index (χ1v) is 7.67. The molecular formula is C17H28N2O2. The third kappa shape index (κ3) is 5.21. The number of nitrogens with two attached hydrogens (primary N) is 1. The summed E-state index contributed by atoms with van der Waals surface area (Å²) in [5.41, 5.74) is 6.25. The topological polar surface area (TPSA) is 47.7 Å². The molecule has 118 valence electrons. The van der Waals surface area contributed by atoms with Crippen LogP contribution in [0.1, 0.15) is 34.1 Å². The Morgan fingerprint density at radius 3 is 2.24 bits per heavy atom. The van der Waals surface area contributed by atoms with Crippen LogP contribution in [0.3, 0.4) is 0 Å². The minimum atomic E-state index is -0.0838. The Morgan fingerprint density at radius 2 is 1.67 bits per heavy atom. The van der Waals surface area contributed by atoms with E-state index in [2.05, 4.69) is 32.6 Å². The number of benzene rings is 1. The molecule has 4 nitrogen and oxygen atoms in total. The van der Waals surface area contributed by atoms with Crippen LogP contribution >= 0.6 is 0 Å². The molecular weight excluding hydrogens is 264 g/mol. The van der Waals surface area contributed by atoms with Crippen LogP contribution in [0.4, 0.5) is 5.69 Å². The Hall–Kier alpha value is -1.26. The average molecular weight is 292 g/mol. The summed E-state index contributed by atoms with van der Waals surface area (Å²) < 4.78 is 11.8. The minimum Gasteiger partial charge on any atom is -0.494 e. The molecule has 0 radical (unpaired) electrons.